The molecular formula is C14H11ClN2OS. The van der Waals surface area contributed by atoms with E-state index in [-0.39, 0.29) is 11.3 Å². The molecule has 0 N–H and O–H groups in total. The quantitative estimate of drug-likeness (QED) is 0.848. The second kappa shape index (κ2) is 5.23. The lowest BCUT2D eigenvalue weighted by Gasteiger charge is -2.23. The summed E-state index contributed by atoms with van der Waals surface area (Å²) in [6.07, 6.45) is 3.42. The number of thioether (sulfide) groups is 1. The fourth-order valence-corrected chi connectivity index (χ4v) is 3.38. The Morgan fingerprint density at radius 1 is 1.26 bits per heavy atom. The van der Waals surface area contributed by atoms with Crippen LogP contribution in [0.1, 0.15) is 10.9 Å². The van der Waals surface area contributed by atoms with Gasteiger partial charge < -0.3 is 0 Å². The SMILES string of the molecule is O=C1CS[C@H](c2ccc(Cl)cc2)N1c1cccnc1. The number of aromatic nitrogens is 1. The van der Waals surface area contributed by atoms with Crippen LogP contribution in [0.3, 0.4) is 0 Å². The van der Waals surface area contributed by atoms with Crippen molar-refractivity contribution in [2.24, 2.45) is 0 Å². The van der Waals surface area contributed by atoms with E-state index in [9.17, 15) is 4.79 Å². The van der Waals surface area contributed by atoms with Crippen molar-refractivity contribution in [2.45, 2.75) is 5.37 Å². The second-order valence-electron chi connectivity index (χ2n) is 4.19. The van der Waals surface area contributed by atoms with Gasteiger partial charge in [0, 0.05) is 11.2 Å². The van der Waals surface area contributed by atoms with Gasteiger partial charge in [0.2, 0.25) is 5.91 Å². The van der Waals surface area contributed by atoms with Crippen molar-refractivity contribution in [3.63, 3.8) is 0 Å². The van der Waals surface area contributed by atoms with Crippen LogP contribution in [-0.4, -0.2) is 16.6 Å². The molecule has 1 aromatic carbocycles. The minimum Gasteiger partial charge on any atom is -0.293 e. The predicted molar refractivity (Wildman–Crippen MR) is 78.4 cm³/mol. The summed E-state index contributed by atoms with van der Waals surface area (Å²) in [5, 5.41) is 0.694. The Hall–Kier alpha value is -1.52. The Balaban J connectivity index is 1.97. The summed E-state index contributed by atoms with van der Waals surface area (Å²) in [5.74, 6) is 0.597. The van der Waals surface area contributed by atoms with Crippen LogP contribution in [0.25, 0.3) is 0 Å². The van der Waals surface area contributed by atoms with E-state index in [2.05, 4.69) is 4.98 Å². The normalized spacial score (nSPS) is 18.9. The van der Waals surface area contributed by atoms with E-state index >= 15 is 0 Å². The summed E-state index contributed by atoms with van der Waals surface area (Å²) in [6, 6.07) is 11.4. The van der Waals surface area contributed by atoms with Crippen molar-refractivity contribution >= 4 is 35.0 Å². The maximum atomic E-state index is 12.1. The number of hydrogen-bond donors (Lipinski definition) is 0. The van der Waals surface area contributed by atoms with Crippen molar-refractivity contribution in [1.29, 1.82) is 0 Å². The highest BCUT2D eigenvalue weighted by Crippen LogP contribution is 2.41. The van der Waals surface area contributed by atoms with Gasteiger partial charge in [0.15, 0.2) is 0 Å². The molecule has 1 atom stereocenters. The zero-order chi connectivity index (χ0) is 13.2. The number of amides is 1. The fourth-order valence-electron chi connectivity index (χ4n) is 2.07. The molecule has 0 unspecified atom stereocenters. The van der Waals surface area contributed by atoms with Gasteiger partial charge in [-0.1, -0.05) is 23.7 Å². The lowest BCUT2D eigenvalue weighted by atomic mass is 10.2. The van der Waals surface area contributed by atoms with Gasteiger partial charge in [-0.3, -0.25) is 14.7 Å². The highest BCUT2D eigenvalue weighted by atomic mass is 35.5. The van der Waals surface area contributed by atoms with Gasteiger partial charge in [-0.25, -0.2) is 0 Å². The molecule has 2 heterocycles. The number of hydrogen-bond acceptors (Lipinski definition) is 3. The first-order chi connectivity index (χ1) is 9.25. The number of anilines is 1. The topological polar surface area (TPSA) is 33.2 Å². The minimum absolute atomic E-state index is 0.00559. The molecule has 1 aliphatic rings. The molecule has 0 radical (unpaired) electrons. The Morgan fingerprint density at radius 3 is 2.74 bits per heavy atom. The molecule has 3 nitrogen and oxygen atoms in total. The molecule has 1 fully saturated rings. The van der Waals surface area contributed by atoms with E-state index in [1.807, 2.05) is 36.4 Å². The molecule has 1 aliphatic heterocycles. The number of carbonyl (C=O) groups is 1. The molecule has 5 heteroatoms. The van der Waals surface area contributed by atoms with E-state index in [0.717, 1.165) is 11.3 Å². The zero-order valence-electron chi connectivity index (χ0n) is 9.99. The summed E-state index contributed by atoms with van der Waals surface area (Å²) >= 11 is 7.52. The molecule has 3 rings (SSSR count). The largest absolute Gasteiger partial charge is 0.293 e. The minimum atomic E-state index is -0.00559. The third kappa shape index (κ3) is 2.46. The molecule has 0 spiro atoms. The van der Waals surface area contributed by atoms with E-state index in [1.54, 1.807) is 29.1 Å². The van der Waals surface area contributed by atoms with E-state index < -0.39 is 0 Å². The van der Waals surface area contributed by atoms with Gasteiger partial charge in [0.1, 0.15) is 5.37 Å². The lowest BCUT2D eigenvalue weighted by Crippen LogP contribution is -2.27. The number of carbonyl (C=O) groups excluding carboxylic acids is 1. The molecule has 0 bridgehead atoms. The number of rotatable bonds is 2. The summed E-state index contributed by atoms with van der Waals surface area (Å²) in [6.45, 7) is 0. The smallest absolute Gasteiger partial charge is 0.238 e. The summed E-state index contributed by atoms with van der Waals surface area (Å²) < 4.78 is 0. The first-order valence-electron chi connectivity index (χ1n) is 5.85. The van der Waals surface area contributed by atoms with Crippen LogP contribution in [0.2, 0.25) is 5.02 Å². The van der Waals surface area contributed by atoms with Crippen LogP contribution in [0, 0.1) is 0 Å². The van der Waals surface area contributed by atoms with E-state index in [4.69, 9.17) is 11.6 Å². The molecule has 1 aromatic heterocycles. The van der Waals surface area contributed by atoms with Crippen molar-refractivity contribution in [3.05, 3.63) is 59.4 Å². The molecule has 1 amide bonds. The third-order valence-electron chi connectivity index (χ3n) is 2.95. The monoisotopic (exact) mass is 290 g/mol. The van der Waals surface area contributed by atoms with Crippen LogP contribution in [0.15, 0.2) is 48.8 Å². The number of pyridine rings is 1. The van der Waals surface area contributed by atoms with Gasteiger partial charge in [-0.15, -0.1) is 11.8 Å². The number of benzene rings is 1. The molecule has 19 heavy (non-hydrogen) atoms. The van der Waals surface area contributed by atoms with Gasteiger partial charge in [-0.05, 0) is 29.8 Å². The maximum Gasteiger partial charge on any atom is 0.238 e. The third-order valence-corrected chi connectivity index (χ3v) is 4.41. The summed E-state index contributed by atoms with van der Waals surface area (Å²) in [5.41, 5.74) is 1.90. The van der Waals surface area contributed by atoms with Crippen molar-refractivity contribution in [1.82, 2.24) is 4.98 Å². The lowest BCUT2D eigenvalue weighted by molar-refractivity contribution is -0.115. The highest BCUT2D eigenvalue weighted by molar-refractivity contribution is 8.00. The summed E-state index contributed by atoms with van der Waals surface area (Å²) in [7, 11) is 0. The van der Waals surface area contributed by atoms with Gasteiger partial charge in [-0.2, -0.15) is 0 Å². The fraction of sp³-hybridized carbons (Fsp3) is 0.143. The van der Waals surface area contributed by atoms with Crippen molar-refractivity contribution < 1.29 is 4.79 Å². The van der Waals surface area contributed by atoms with Crippen molar-refractivity contribution in [2.75, 3.05) is 10.7 Å². The van der Waals surface area contributed by atoms with Gasteiger partial charge in [0.25, 0.3) is 0 Å². The maximum absolute atomic E-state index is 12.1. The molecule has 96 valence electrons. The zero-order valence-corrected chi connectivity index (χ0v) is 11.6. The Kier molecular flexibility index (Phi) is 3.44. The summed E-state index contributed by atoms with van der Waals surface area (Å²) in [4.78, 5) is 18.0. The van der Waals surface area contributed by atoms with Crippen LogP contribution >= 0.6 is 23.4 Å². The average molecular weight is 291 g/mol. The standard InChI is InChI=1S/C14H11ClN2OS/c15-11-5-3-10(4-6-11)14-17(13(18)9-19-14)12-2-1-7-16-8-12/h1-8,14H,9H2/t14-/m1/s1. The van der Waals surface area contributed by atoms with E-state index in [1.165, 1.54) is 0 Å². The second-order valence-corrected chi connectivity index (χ2v) is 5.69. The molecule has 0 saturated carbocycles. The van der Waals surface area contributed by atoms with Crippen LogP contribution in [0.5, 0.6) is 0 Å². The average Bonchev–Trinajstić information content (AvgIpc) is 2.82. The van der Waals surface area contributed by atoms with Gasteiger partial charge >= 0.3 is 0 Å². The first-order valence-corrected chi connectivity index (χ1v) is 7.27. The Morgan fingerprint density at radius 2 is 2.05 bits per heavy atom. The molecule has 2 aromatic rings. The predicted octanol–water partition coefficient (Wildman–Crippen LogP) is 3.51. The molecule has 1 saturated heterocycles. The molecular weight excluding hydrogens is 280 g/mol. The Labute approximate surface area is 120 Å². The number of halogens is 1. The Bertz CT molecular complexity index is 588. The van der Waals surface area contributed by atoms with Crippen LogP contribution in [-0.2, 0) is 4.79 Å². The highest BCUT2D eigenvalue weighted by Gasteiger charge is 2.33. The van der Waals surface area contributed by atoms with E-state index in [0.29, 0.717) is 10.8 Å². The van der Waals surface area contributed by atoms with Crippen LogP contribution < -0.4 is 4.90 Å². The first kappa shape index (κ1) is 12.5. The molecule has 0 aliphatic carbocycles. The van der Waals surface area contributed by atoms with Crippen molar-refractivity contribution in [3.8, 4) is 0 Å². The van der Waals surface area contributed by atoms with Gasteiger partial charge in [0.05, 0.1) is 17.6 Å². The van der Waals surface area contributed by atoms with Crippen LogP contribution in [0.4, 0.5) is 5.69 Å². The number of nitrogens with zero attached hydrogens (tertiary/aromatic N) is 2.